The lowest BCUT2D eigenvalue weighted by molar-refractivity contribution is -0.384. The Hall–Kier alpha value is -5.17. The van der Waals surface area contributed by atoms with Crippen molar-refractivity contribution in [2.75, 3.05) is 24.5 Å². The second-order valence-electron chi connectivity index (χ2n) is 12.6. The van der Waals surface area contributed by atoms with Gasteiger partial charge in [-0.1, -0.05) is 57.2 Å². The van der Waals surface area contributed by atoms with Gasteiger partial charge in [0.05, 0.1) is 16.9 Å². The van der Waals surface area contributed by atoms with Gasteiger partial charge in [0.25, 0.3) is 11.6 Å². The molecule has 1 unspecified atom stereocenters. The lowest BCUT2D eigenvalue weighted by Gasteiger charge is -2.59. The van der Waals surface area contributed by atoms with Crippen LogP contribution < -0.4 is 19.7 Å². The van der Waals surface area contributed by atoms with Gasteiger partial charge in [0.2, 0.25) is 0 Å². The predicted octanol–water partition coefficient (Wildman–Crippen LogP) is 6.10. The normalized spacial score (nSPS) is 17.2. The van der Waals surface area contributed by atoms with E-state index in [1.807, 2.05) is 65.6 Å². The predicted molar refractivity (Wildman–Crippen MR) is 175 cm³/mol. The van der Waals surface area contributed by atoms with Gasteiger partial charge in [-0.15, -0.1) is 11.3 Å². The summed E-state index contributed by atoms with van der Waals surface area (Å²) in [5.74, 6) is -0.299. The lowest BCUT2D eigenvalue weighted by Crippen LogP contribution is -2.76. The molecule has 13 heteroatoms. The van der Waals surface area contributed by atoms with E-state index in [-0.39, 0.29) is 41.3 Å². The van der Waals surface area contributed by atoms with Gasteiger partial charge in [-0.2, -0.15) is 0 Å². The number of benzene rings is 3. The Kier molecular flexibility index (Phi) is 8.74. The van der Waals surface area contributed by atoms with Gasteiger partial charge in [0.1, 0.15) is 23.8 Å². The number of ether oxygens (including phenoxy) is 3. The Morgan fingerprint density at radius 2 is 1.55 bits per heavy atom. The number of amides is 2. The summed E-state index contributed by atoms with van der Waals surface area (Å²) in [5.41, 5.74) is 0.679. The first-order valence-electron chi connectivity index (χ1n) is 15.2. The molecule has 244 valence electrons. The highest BCUT2D eigenvalue weighted by Gasteiger charge is 2.64. The maximum absolute atomic E-state index is 13.2. The highest BCUT2D eigenvalue weighted by atomic mass is 32.1. The molecule has 0 spiro atoms. The fraction of sp³-hybridized carbons (Fsp3) is 0.324. The number of non-ortho nitro benzene ring substituents is 1. The summed E-state index contributed by atoms with van der Waals surface area (Å²) in [6.07, 6.45) is -0.524. The van der Waals surface area contributed by atoms with Crippen molar-refractivity contribution in [3.63, 3.8) is 0 Å². The monoisotopic (exact) mass is 657 g/mol. The van der Waals surface area contributed by atoms with E-state index in [2.05, 4.69) is 26.1 Å². The van der Waals surface area contributed by atoms with E-state index >= 15 is 0 Å². The maximum atomic E-state index is 13.2. The number of hydrogen-bond donors (Lipinski definition) is 1. The summed E-state index contributed by atoms with van der Waals surface area (Å²) in [4.78, 5) is 44.1. The molecule has 2 amide bonds. The number of carbonyl (C=O) groups is 2. The van der Waals surface area contributed by atoms with Crippen LogP contribution in [-0.2, 0) is 11.3 Å². The fourth-order valence-electron chi connectivity index (χ4n) is 5.54. The summed E-state index contributed by atoms with van der Waals surface area (Å²) < 4.78 is 18.7. The average Bonchev–Trinajstić information content (AvgIpc) is 3.50. The molecule has 1 atom stereocenters. The summed E-state index contributed by atoms with van der Waals surface area (Å²) in [7, 11) is 0. The van der Waals surface area contributed by atoms with Crippen molar-refractivity contribution in [3.8, 4) is 11.5 Å². The minimum absolute atomic E-state index is 0.0119. The van der Waals surface area contributed by atoms with Crippen LogP contribution in [0.15, 0.2) is 90.3 Å². The summed E-state index contributed by atoms with van der Waals surface area (Å²) in [6.45, 7) is 7.64. The standard InChI is InChI=1S/C34H35N5O7S/c1-33(2,3)29-20-38(34(29,45-26-10-6-4-7-11-26)46-27-12-8-5-9-13-27)31-36-28(22-47-31)30(40)35-24-18-37(19-24)32(41)44-21-23-14-16-25(17-15-23)39(42)43/h4-17,22,24,29H,18-21H2,1-3H3,(H,35,40). The van der Waals surface area contributed by atoms with Crippen molar-refractivity contribution in [3.05, 3.63) is 112 Å². The van der Waals surface area contributed by atoms with Crippen LogP contribution >= 0.6 is 11.3 Å². The van der Waals surface area contributed by atoms with Crippen LogP contribution in [0.1, 0.15) is 36.8 Å². The third kappa shape index (κ3) is 6.85. The van der Waals surface area contributed by atoms with Crippen LogP contribution in [0, 0.1) is 21.4 Å². The molecule has 2 aliphatic heterocycles. The molecule has 0 bridgehead atoms. The number of anilines is 1. The van der Waals surface area contributed by atoms with Crippen LogP contribution in [0.3, 0.4) is 0 Å². The highest BCUT2D eigenvalue weighted by molar-refractivity contribution is 7.14. The first-order chi connectivity index (χ1) is 22.5. The molecule has 4 aromatic rings. The maximum Gasteiger partial charge on any atom is 0.410 e. The van der Waals surface area contributed by atoms with Crippen molar-refractivity contribution >= 4 is 34.2 Å². The van der Waals surface area contributed by atoms with E-state index in [9.17, 15) is 19.7 Å². The Morgan fingerprint density at radius 3 is 2.11 bits per heavy atom. The molecule has 0 radical (unpaired) electrons. The van der Waals surface area contributed by atoms with Crippen LogP contribution in [-0.4, -0.2) is 58.4 Å². The minimum Gasteiger partial charge on any atom is -0.445 e. The molecule has 47 heavy (non-hydrogen) atoms. The van der Waals surface area contributed by atoms with E-state index in [4.69, 9.17) is 19.2 Å². The lowest BCUT2D eigenvalue weighted by atomic mass is 9.72. The van der Waals surface area contributed by atoms with E-state index in [1.165, 1.54) is 28.4 Å². The highest BCUT2D eigenvalue weighted by Crippen LogP contribution is 2.51. The van der Waals surface area contributed by atoms with Crippen molar-refractivity contribution in [1.29, 1.82) is 0 Å². The van der Waals surface area contributed by atoms with E-state index in [0.717, 1.165) is 0 Å². The molecular formula is C34H35N5O7S. The molecule has 1 N–H and O–H groups in total. The van der Waals surface area contributed by atoms with Gasteiger partial charge in [0.15, 0.2) is 5.13 Å². The Balaban J connectivity index is 1.10. The second-order valence-corrected chi connectivity index (χ2v) is 13.4. The molecule has 3 heterocycles. The van der Waals surface area contributed by atoms with Gasteiger partial charge < -0.3 is 24.4 Å². The van der Waals surface area contributed by atoms with E-state index < -0.39 is 16.9 Å². The second kappa shape index (κ2) is 12.9. The van der Waals surface area contributed by atoms with Gasteiger partial charge in [-0.3, -0.25) is 19.8 Å². The number of rotatable bonds is 10. The van der Waals surface area contributed by atoms with Crippen LogP contribution in [0.25, 0.3) is 0 Å². The number of thiazole rings is 1. The smallest absolute Gasteiger partial charge is 0.410 e. The number of aromatic nitrogens is 1. The third-order valence-corrected chi connectivity index (χ3v) is 9.05. The van der Waals surface area contributed by atoms with Crippen LogP contribution in [0.4, 0.5) is 15.6 Å². The Bertz CT molecular complexity index is 1680. The van der Waals surface area contributed by atoms with E-state index in [0.29, 0.717) is 41.8 Å². The third-order valence-electron chi connectivity index (χ3n) is 8.18. The molecule has 2 saturated heterocycles. The number of likely N-dealkylation sites (tertiary alicyclic amines) is 1. The number of nitrogens with one attached hydrogen (secondary N) is 1. The minimum atomic E-state index is -1.21. The summed E-state index contributed by atoms with van der Waals surface area (Å²) in [5, 5.41) is 16.1. The molecule has 0 aliphatic carbocycles. The van der Waals surface area contributed by atoms with Gasteiger partial charge in [-0.05, 0) is 47.4 Å². The Morgan fingerprint density at radius 1 is 0.957 bits per heavy atom. The first kappa shape index (κ1) is 31.8. The van der Waals surface area contributed by atoms with Crippen molar-refractivity contribution in [1.82, 2.24) is 15.2 Å². The first-order valence-corrected chi connectivity index (χ1v) is 16.1. The zero-order valence-electron chi connectivity index (χ0n) is 26.2. The zero-order valence-corrected chi connectivity index (χ0v) is 27.0. The van der Waals surface area contributed by atoms with Crippen LogP contribution in [0.2, 0.25) is 0 Å². The van der Waals surface area contributed by atoms with E-state index in [1.54, 1.807) is 17.5 Å². The fourth-order valence-corrected chi connectivity index (χ4v) is 6.40. The Labute approximate surface area is 276 Å². The zero-order chi connectivity index (χ0) is 33.2. The molecule has 1 aromatic heterocycles. The van der Waals surface area contributed by atoms with Crippen LogP contribution in [0.5, 0.6) is 11.5 Å². The molecule has 12 nitrogen and oxygen atoms in total. The van der Waals surface area contributed by atoms with Crippen molar-refractivity contribution in [2.24, 2.45) is 11.3 Å². The van der Waals surface area contributed by atoms with Crippen molar-refractivity contribution in [2.45, 2.75) is 39.3 Å². The molecule has 2 aliphatic rings. The molecule has 6 rings (SSSR count). The number of para-hydroxylation sites is 2. The number of nitrogens with zero attached hydrogens (tertiary/aromatic N) is 4. The average molecular weight is 658 g/mol. The summed E-state index contributed by atoms with van der Waals surface area (Å²) >= 11 is 1.34. The van der Waals surface area contributed by atoms with Gasteiger partial charge in [-0.25, -0.2) is 9.78 Å². The molecule has 2 fully saturated rings. The molecule has 3 aromatic carbocycles. The number of carbonyl (C=O) groups excluding carboxylic acids is 2. The largest absolute Gasteiger partial charge is 0.445 e. The van der Waals surface area contributed by atoms with Gasteiger partial charge in [0, 0.05) is 37.1 Å². The quantitative estimate of drug-likeness (QED) is 0.122. The number of hydrogen-bond acceptors (Lipinski definition) is 10. The topological polar surface area (TPSA) is 136 Å². The number of nitro groups is 1. The summed E-state index contributed by atoms with van der Waals surface area (Å²) in [6, 6.07) is 24.6. The molecule has 0 saturated carbocycles. The SMILES string of the molecule is CC(C)(C)C1CN(c2nc(C(=O)NC3CN(C(=O)OCc4ccc([N+](=O)[O-])cc4)C3)cs2)C1(Oc1ccccc1)Oc1ccccc1. The van der Waals surface area contributed by atoms with Crippen molar-refractivity contribution < 1.29 is 28.7 Å². The van der Waals surface area contributed by atoms with Gasteiger partial charge >= 0.3 is 12.0 Å². The molecular weight excluding hydrogens is 622 g/mol. The number of nitro benzene ring substituents is 1.